The minimum atomic E-state index is 0.0737. The van der Waals surface area contributed by atoms with Gasteiger partial charge in [-0.3, -0.25) is 0 Å². The van der Waals surface area contributed by atoms with Gasteiger partial charge in [0.1, 0.15) is 0 Å². The molecule has 0 bridgehead atoms. The van der Waals surface area contributed by atoms with Gasteiger partial charge in [0.25, 0.3) is 0 Å². The lowest BCUT2D eigenvalue weighted by molar-refractivity contribution is -0.00920. The molecule has 2 nitrogen and oxygen atoms in total. The summed E-state index contributed by atoms with van der Waals surface area (Å²) in [4.78, 5) is 0. The zero-order valence-electron chi connectivity index (χ0n) is 12.3. The molecular formula is C15H23BrClNO. The van der Waals surface area contributed by atoms with Crippen molar-refractivity contribution in [2.75, 3.05) is 14.2 Å². The van der Waals surface area contributed by atoms with Crippen LogP contribution in [0.2, 0.25) is 5.02 Å². The van der Waals surface area contributed by atoms with Crippen LogP contribution in [0.3, 0.4) is 0 Å². The van der Waals surface area contributed by atoms with Crippen LogP contribution in [0.5, 0.6) is 0 Å². The summed E-state index contributed by atoms with van der Waals surface area (Å²) in [6, 6.07) is 6.24. The molecule has 0 amide bonds. The Balaban J connectivity index is 2.92. The van der Waals surface area contributed by atoms with E-state index in [1.165, 1.54) is 0 Å². The van der Waals surface area contributed by atoms with E-state index in [1.54, 1.807) is 7.11 Å². The summed E-state index contributed by atoms with van der Waals surface area (Å²) in [5.41, 5.74) is 1.21. The normalized spacial score (nSPS) is 15.3. The maximum absolute atomic E-state index is 6.29. The Kier molecular flexibility index (Phi) is 6.31. The zero-order chi connectivity index (χ0) is 14.6. The summed E-state index contributed by atoms with van der Waals surface area (Å²) in [5.74, 6) is 0. The highest BCUT2D eigenvalue weighted by Crippen LogP contribution is 2.28. The monoisotopic (exact) mass is 347 g/mol. The number of likely N-dealkylation sites (N-methyl/N-ethyl adjacent to an activating group) is 1. The van der Waals surface area contributed by atoms with E-state index in [2.05, 4.69) is 48.1 Å². The Morgan fingerprint density at radius 1 is 1.37 bits per heavy atom. The quantitative estimate of drug-likeness (QED) is 0.857. The summed E-state index contributed by atoms with van der Waals surface area (Å²) >= 11 is 9.72. The van der Waals surface area contributed by atoms with Crippen LogP contribution in [0, 0.1) is 5.41 Å². The first-order valence-corrected chi connectivity index (χ1v) is 7.60. The van der Waals surface area contributed by atoms with Gasteiger partial charge in [-0.2, -0.15) is 0 Å². The van der Waals surface area contributed by atoms with Crippen molar-refractivity contribution < 1.29 is 4.74 Å². The highest BCUT2D eigenvalue weighted by molar-refractivity contribution is 9.10. The number of ether oxygens (including phenoxy) is 1. The van der Waals surface area contributed by atoms with Crippen molar-refractivity contribution in [3.8, 4) is 0 Å². The number of hydrogen-bond acceptors (Lipinski definition) is 2. The maximum atomic E-state index is 6.29. The Morgan fingerprint density at radius 3 is 2.42 bits per heavy atom. The van der Waals surface area contributed by atoms with Gasteiger partial charge in [-0.25, -0.2) is 0 Å². The topological polar surface area (TPSA) is 21.3 Å². The third kappa shape index (κ3) is 4.75. The highest BCUT2D eigenvalue weighted by atomic mass is 79.9. The lowest BCUT2D eigenvalue weighted by Gasteiger charge is -2.36. The van der Waals surface area contributed by atoms with Gasteiger partial charge in [-0.05, 0) is 36.6 Å². The van der Waals surface area contributed by atoms with Gasteiger partial charge < -0.3 is 10.1 Å². The van der Waals surface area contributed by atoms with Crippen LogP contribution in [0.25, 0.3) is 0 Å². The Labute approximate surface area is 130 Å². The molecule has 1 aromatic rings. The maximum Gasteiger partial charge on any atom is 0.0775 e. The number of hydrogen-bond donors (Lipinski definition) is 1. The standard InChI is InChI=1S/C15H23BrClNO/c1-15(2,3)14(19-5)13(18-4)8-10-6-7-11(16)9-12(10)17/h6-7,9,13-14,18H,8H2,1-5H3. The zero-order valence-corrected chi connectivity index (χ0v) is 14.6. The molecule has 1 aromatic carbocycles. The predicted octanol–water partition coefficient (Wildman–Crippen LogP) is 4.29. The van der Waals surface area contributed by atoms with E-state index in [0.29, 0.717) is 0 Å². The van der Waals surface area contributed by atoms with Gasteiger partial charge in [0.2, 0.25) is 0 Å². The van der Waals surface area contributed by atoms with Gasteiger partial charge in [-0.1, -0.05) is 54.4 Å². The molecular weight excluding hydrogens is 326 g/mol. The summed E-state index contributed by atoms with van der Waals surface area (Å²) in [5, 5.41) is 4.14. The van der Waals surface area contributed by atoms with E-state index in [0.717, 1.165) is 21.5 Å². The predicted molar refractivity (Wildman–Crippen MR) is 86.0 cm³/mol. The average molecular weight is 349 g/mol. The lowest BCUT2D eigenvalue weighted by Crippen LogP contribution is -2.47. The van der Waals surface area contributed by atoms with Crippen molar-refractivity contribution >= 4 is 27.5 Å². The molecule has 1 rings (SSSR count). The second kappa shape index (κ2) is 7.07. The Morgan fingerprint density at radius 2 is 2.00 bits per heavy atom. The second-order valence-corrected chi connectivity index (χ2v) is 7.18. The van der Waals surface area contributed by atoms with Gasteiger partial charge in [0, 0.05) is 22.6 Å². The van der Waals surface area contributed by atoms with Crippen LogP contribution in [0.4, 0.5) is 0 Å². The summed E-state index contributed by atoms with van der Waals surface area (Å²) in [7, 11) is 3.73. The van der Waals surface area contributed by atoms with Crippen molar-refractivity contribution in [3.63, 3.8) is 0 Å². The fraction of sp³-hybridized carbons (Fsp3) is 0.600. The largest absolute Gasteiger partial charge is 0.379 e. The molecule has 0 fully saturated rings. The molecule has 2 atom stereocenters. The highest BCUT2D eigenvalue weighted by Gasteiger charge is 2.31. The number of methoxy groups -OCH3 is 1. The number of benzene rings is 1. The van der Waals surface area contributed by atoms with Gasteiger partial charge in [0.15, 0.2) is 0 Å². The molecule has 0 aliphatic carbocycles. The molecule has 0 aliphatic heterocycles. The molecule has 108 valence electrons. The van der Waals surface area contributed by atoms with E-state index >= 15 is 0 Å². The van der Waals surface area contributed by atoms with Gasteiger partial charge in [-0.15, -0.1) is 0 Å². The van der Waals surface area contributed by atoms with Crippen LogP contribution in [0.1, 0.15) is 26.3 Å². The van der Waals surface area contributed by atoms with Gasteiger partial charge in [0.05, 0.1) is 6.10 Å². The third-order valence-electron chi connectivity index (χ3n) is 3.30. The average Bonchev–Trinajstić information content (AvgIpc) is 2.30. The van der Waals surface area contributed by atoms with E-state index < -0.39 is 0 Å². The number of nitrogens with one attached hydrogen (secondary N) is 1. The molecule has 0 radical (unpaired) electrons. The lowest BCUT2D eigenvalue weighted by atomic mass is 9.82. The number of rotatable bonds is 5. The van der Waals surface area contributed by atoms with Crippen LogP contribution in [-0.4, -0.2) is 26.3 Å². The second-order valence-electron chi connectivity index (χ2n) is 5.86. The molecule has 0 aromatic heterocycles. The van der Waals surface area contributed by atoms with Crippen LogP contribution in [0.15, 0.2) is 22.7 Å². The van der Waals surface area contributed by atoms with Crippen LogP contribution < -0.4 is 5.32 Å². The molecule has 0 spiro atoms. The van der Waals surface area contributed by atoms with Gasteiger partial charge >= 0.3 is 0 Å². The molecule has 1 N–H and O–H groups in total. The SMILES string of the molecule is CNC(Cc1ccc(Br)cc1Cl)C(OC)C(C)(C)C. The van der Waals surface area contributed by atoms with Crippen molar-refractivity contribution in [3.05, 3.63) is 33.3 Å². The smallest absolute Gasteiger partial charge is 0.0775 e. The fourth-order valence-corrected chi connectivity index (χ4v) is 3.16. The minimum Gasteiger partial charge on any atom is -0.379 e. The van der Waals surface area contributed by atoms with E-state index in [4.69, 9.17) is 16.3 Å². The summed E-state index contributed by atoms with van der Waals surface area (Å²) < 4.78 is 6.69. The third-order valence-corrected chi connectivity index (χ3v) is 4.14. The molecule has 0 saturated heterocycles. The number of halogens is 2. The molecule has 0 aliphatic rings. The van der Waals surface area contributed by atoms with Crippen LogP contribution >= 0.6 is 27.5 Å². The van der Waals surface area contributed by atoms with Crippen LogP contribution in [-0.2, 0) is 11.2 Å². The van der Waals surface area contributed by atoms with Crippen molar-refractivity contribution in [2.24, 2.45) is 5.41 Å². The van der Waals surface area contributed by atoms with E-state index in [9.17, 15) is 0 Å². The fourth-order valence-electron chi connectivity index (χ4n) is 2.41. The Hall–Kier alpha value is -0.0900. The first-order chi connectivity index (χ1) is 8.79. The molecule has 0 saturated carbocycles. The molecule has 4 heteroatoms. The summed E-state index contributed by atoms with van der Waals surface area (Å²) in [6.07, 6.45) is 0.968. The van der Waals surface area contributed by atoms with Crippen molar-refractivity contribution in [1.29, 1.82) is 0 Å². The molecule has 0 heterocycles. The van der Waals surface area contributed by atoms with E-state index in [-0.39, 0.29) is 17.6 Å². The summed E-state index contributed by atoms with van der Waals surface area (Å²) in [6.45, 7) is 6.57. The van der Waals surface area contributed by atoms with Crippen molar-refractivity contribution in [2.45, 2.75) is 39.3 Å². The van der Waals surface area contributed by atoms with E-state index in [1.807, 2.05) is 19.2 Å². The molecule has 19 heavy (non-hydrogen) atoms. The first-order valence-electron chi connectivity index (χ1n) is 6.43. The first kappa shape index (κ1) is 17.0. The molecule has 2 unspecified atom stereocenters. The van der Waals surface area contributed by atoms with Crippen molar-refractivity contribution in [1.82, 2.24) is 5.32 Å². The Bertz CT molecular complexity index is 417. The minimum absolute atomic E-state index is 0.0737.